The average molecular weight is 251 g/mol. The Morgan fingerprint density at radius 2 is 1.89 bits per heavy atom. The van der Waals surface area contributed by atoms with Crippen LogP contribution in [0.3, 0.4) is 0 Å². The van der Waals surface area contributed by atoms with Crippen LogP contribution in [0.5, 0.6) is 0 Å². The predicted molar refractivity (Wildman–Crippen MR) is 69.4 cm³/mol. The third kappa shape index (κ3) is 2.31. The lowest BCUT2D eigenvalue weighted by molar-refractivity contribution is 0.0999. The van der Waals surface area contributed by atoms with Crippen molar-refractivity contribution in [1.82, 2.24) is 4.90 Å². The van der Waals surface area contributed by atoms with Gasteiger partial charge in [0.2, 0.25) is 5.91 Å². The van der Waals surface area contributed by atoms with Crippen molar-refractivity contribution in [3.8, 4) is 0 Å². The molecule has 0 atom stereocenters. The van der Waals surface area contributed by atoms with Crippen molar-refractivity contribution in [2.24, 2.45) is 5.73 Å². The fraction of sp³-hybridized carbons (Fsp3) is 0.462. The molecule has 0 bridgehead atoms. The predicted octanol–water partition coefficient (Wildman–Crippen LogP) is 0.985. The maximum absolute atomic E-state index is 14.2. The van der Waals surface area contributed by atoms with E-state index >= 15 is 0 Å². The number of primary amides is 1. The molecule has 1 heterocycles. The molecule has 1 saturated heterocycles. The Bertz CT molecular complexity index is 468. The summed E-state index contributed by atoms with van der Waals surface area (Å²) < 4.78 is 14.2. The molecule has 0 aromatic heterocycles. The summed E-state index contributed by atoms with van der Waals surface area (Å²) in [7, 11) is 2.05. The van der Waals surface area contributed by atoms with Gasteiger partial charge in [0, 0.05) is 31.7 Å². The molecule has 1 amide bonds. The number of carbonyl (C=O) groups excluding carboxylic acids is 1. The van der Waals surface area contributed by atoms with Crippen LogP contribution in [-0.2, 0) is 0 Å². The first-order valence-corrected chi connectivity index (χ1v) is 6.03. The summed E-state index contributed by atoms with van der Waals surface area (Å²) in [5, 5.41) is 0. The van der Waals surface area contributed by atoms with Gasteiger partial charge >= 0.3 is 0 Å². The molecule has 98 valence electrons. The number of nitrogens with two attached hydrogens (primary N) is 1. The molecule has 0 unspecified atom stereocenters. The first kappa shape index (κ1) is 12.8. The van der Waals surface area contributed by atoms with Crippen LogP contribution in [-0.4, -0.2) is 44.0 Å². The molecular weight excluding hydrogens is 233 g/mol. The van der Waals surface area contributed by atoms with E-state index in [0.29, 0.717) is 11.3 Å². The molecule has 0 spiro atoms. The van der Waals surface area contributed by atoms with Gasteiger partial charge in [-0.15, -0.1) is 0 Å². The van der Waals surface area contributed by atoms with Crippen molar-refractivity contribution in [1.29, 1.82) is 0 Å². The number of hydrogen-bond acceptors (Lipinski definition) is 3. The highest BCUT2D eigenvalue weighted by atomic mass is 19.1. The van der Waals surface area contributed by atoms with Gasteiger partial charge in [-0.25, -0.2) is 4.39 Å². The second-order valence-corrected chi connectivity index (χ2v) is 4.73. The largest absolute Gasteiger partial charge is 0.367 e. The van der Waals surface area contributed by atoms with Crippen LogP contribution in [0, 0.1) is 12.7 Å². The fourth-order valence-electron chi connectivity index (χ4n) is 2.23. The third-order valence-electron chi connectivity index (χ3n) is 3.48. The van der Waals surface area contributed by atoms with E-state index in [2.05, 4.69) is 11.9 Å². The van der Waals surface area contributed by atoms with Gasteiger partial charge in [-0.05, 0) is 31.7 Å². The first-order valence-electron chi connectivity index (χ1n) is 6.03. The molecule has 1 fully saturated rings. The van der Waals surface area contributed by atoms with Gasteiger partial charge in [0.25, 0.3) is 0 Å². The summed E-state index contributed by atoms with van der Waals surface area (Å²) in [6.07, 6.45) is 0. The highest BCUT2D eigenvalue weighted by Crippen LogP contribution is 2.25. The summed E-state index contributed by atoms with van der Waals surface area (Å²) in [5.41, 5.74) is 6.35. The van der Waals surface area contributed by atoms with Crippen LogP contribution < -0.4 is 10.6 Å². The van der Waals surface area contributed by atoms with Crippen LogP contribution >= 0.6 is 0 Å². The Labute approximate surface area is 106 Å². The van der Waals surface area contributed by atoms with Crippen molar-refractivity contribution >= 4 is 11.6 Å². The quantitative estimate of drug-likeness (QED) is 0.852. The number of halogens is 1. The molecule has 18 heavy (non-hydrogen) atoms. The monoisotopic (exact) mass is 251 g/mol. The van der Waals surface area contributed by atoms with E-state index in [9.17, 15) is 9.18 Å². The highest BCUT2D eigenvalue weighted by molar-refractivity contribution is 5.94. The topological polar surface area (TPSA) is 49.6 Å². The number of benzene rings is 1. The highest BCUT2D eigenvalue weighted by Gasteiger charge is 2.20. The van der Waals surface area contributed by atoms with Crippen LogP contribution in [0.15, 0.2) is 12.1 Å². The minimum Gasteiger partial charge on any atom is -0.367 e. The van der Waals surface area contributed by atoms with E-state index in [1.54, 1.807) is 19.1 Å². The number of amides is 1. The molecule has 0 aliphatic carbocycles. The molecule has 2 rings (SSSR count). The number of anilines is 1. The van der Waals surface area contributed by atoms with Crippen molar-refractivity contribution in [3.05, 3.63) is 29.1 Å². The zero-order valence-corrected chi connectivity index (χ0v) is 10.7. The Morgan fingerprint density at radius 3 is 2.44 bits per heavy atom. The maximum atomic E-state index is 14.2. The Hall–Kier alpha value is -1.62. The zero-order valence-electron chi connectivity index (χ0n) is 10.7. The standard InChI is InChI=1S/C13H18FN3O/c1-9-10(13(15)18)3-4-11(12(9)14)17-7-5-16(2)6-8-17/h3-4H,5-8H2,1-2H3,(H2,15,18). The second kappa shape index (κ2) is 4.94. The molecule has 4 nitrogen and oxygen atoms in total. The van der Waals surface area contributed by atoms with E-state index in [1.807, 2.05) is 4.90 Å². The van der Waals surface area contributed by atoms with Crippen LogP contribution in [0.1, 0.15) is 15.9 Å². The molecular formula is C13H18FN3O. The summed E-state index contributed by atoms with van der Waals surface area (Å²) in [4.78, 5) is 15.4. The number of rotatable bonds is 2. The molecule has 0 saturated carbocycles. The van der Waals surface area contributed by atoms with Crippen molar-refractivity contribution in [2.75, 3.05) is 38.1 Å². The lowest BCUT2D eigenvalue weighted by Crippen LogP contribution is -2.44. The molecule has 1 aliphatic heterocycles. The third-order valence-corrected chi connectivity index (χ3v) is 3.48. The van der Waals surface area contributed by atoms with E-state index in [4.69, 9.17) is 5.73 Å². The van der Waals surface area contributed by atoms with Crippen molar-refractivity contribution < 1.29 is 9.18 Å². The molecule has 1 aromatic rings. The Morgan fingerprint density at radius 1 is 1.28 bits per heavy atom. The Kier molecular flexibility index (Phi) is 3.52. The van der Waals surface area contributed by atoms with E-state index < -0.39 is 5.91 Å². The van der Waals surface area contributed by atoms with Crippen molar-refractivity contribution in [3.63, 3.8) is 0 Å². The first-order chi connectivity index (χ1) is 8.50. The normalized spacial score (nSPS) is 16.9. The number of carbonyl (C=O) groups is 1. The van der Waals surface area contributed by atoms with Gasteiger partial charge in [-0.1, -0.05) is 0 Å². The zero-order chi connectivity index (χ0) is 13.3. The van der Waals surface area contributed by atoms with Crippen LogP contribution in [0.25, 0.3) is 0 Å². The van der Waals surface area contributed by atoms with E-state index in [-0.39, 0.29) is 11.4 Å². The summed E-state index contributed by atoms with van der Waals surface area (Å²) >= 11 is 0. The lowest BCUT2D eigenvalue weighted by atomic mass is 10.1. The van der Waals surface area contributed by atoms with Gasteiger partial charge in [0.15, 0.2) is 0 Å². The minimum absolute atomic E-state index is 0.255. The van der Waals surface area contributed by atoms with Crippen LogP contribution in [0.4, 0.5) is 10.1 Å². The van der Waals surface area contributed by atoms with E-state index in [0.717, 1.165) is 26.2 Å². The van der Waals surface area contributed by atoms with Gasteiger partial charge < -0.3 is 15.5 Å². The summed E-state index contributed by atoms with van der Waals surface area (Å²) in [6.45, 7) is 5.01. The van der Waals surface area contributed by atoms with Gasteiger partial charge in [0.1, 0.15) is 5.82 Å². The average Bonchev–Trinajstić information content (AvgIpc) is 2.33. The number of piperazine rings is 1. The number of hydrogen-bond donors (Lipinski definition) is 1. The molecule has 1 aromatic carbocycles. The SMILES string of the molecule is Cc1c(C(N)=O)ccc(N2CCN(C)CC2)c1F. The lowest BCUT2D eigenvalue weighted by Gasteiger charge is -2.34. The molecule has 2 N–H and O–H groups in total. The molecule has 0 radical (unpaired) electrons. The fourth-order valence-corrected chi connectivity index (χ4v) is 2.23. The van der Waals surface area contributed by atoms with Gasteiger partial charge in [-0.2, -0.15) is 0 Å². The maximum Gasteiger partial charge on any atom is 0.249 e. The Balaban J connectivity index is 2.30. The van der Waals surface area contributed by atoms with E-state index in [1.165, 1.54) is 0 Å². The molecule has 1 aliphatic rings. The van der Waals surface area contributed by atoms with Crippen LogP contribution in [0.2, 0.25) is 0 Å². The van der Waals surface area contributed by atoms with Crippen molar-refractivity contribution in [2.45, 2.75) is 6.92 Å². The molecule has 5 heteroatoms. The smallest absolute Gasteiger partial charge is 0.249 e. The van der Waals surface area contributed by atoms with Gasteiger partial charge in [-0.3, -0.25) is 4.79 Å². The summed E-state index contributed by atoms with van der Waals surface area (Å²) in [6, 6.07) is 3.25. The van der Waals surface area contributed by atoms with Gasteiger partial charge in [0.05, 0.1) is 5.69 Å². The second-order valence-electron chi connectivity index (χ2n) is 4.73. The number of nitrogens with zero attached hydrogens (tertiary/aromatic N) is 2. The number of likely N-dealkylation sites (N-methyl/N-ethyl adjacent to an activating group) is 1. The minimum atomic E-state index is -0.587. The summed E-state index contributed by atoms with van der Waals surface area (Å²) in [5.74, 6) is -0.924.